The summed E-state index contributed by atoms with van der Waals surface area (Å²) in [6.45, 7) is 6.52. The van der Waals surface area contributed by atoms with Gasteiger partial charge in [0.2, 0.25) is 11.8 Å². The second-order valence-electron chi connectivity index (χ2n) is 12.9. The molecule has 10 heteroatoms. The summed E-state index contributed by atoms with van der Waals surface area (Å²) in [5.74, 6) is -0.487. The Kier molecular flexibility index (Phi) is 31.2. The van der Waals surface area contributed by atoms with Gasteiger partial charge in [-0.25, -0.2) is 4.84 Å². The lowest BCUT2D eigenvalue weighted by atomic mass is 10.0. The zero-order chi connectivity index (χ0) is 33.4. The number of carbonyl (C=O) groups excluding carboxylic acids is 2. The van der Waals surface area contributed by atoms with E-state index >= 15 is 0 Å². The molecule has 0 aromatic heterocycles. The van der Waals surface area contributed by atoms with Crippen molar-refractivity contribution in [2.75, 3.05) is 26.2 Å². The first kappa shape index (κ1) is 43.4. The third kappa shape index (κ3) is 27.3. The van der Waals surface area contributed by atoms with Crippen molar-refractivity contribution in [3.63, 3.8) is 0 Å². The number of halogens is 1. The van der Waals surface area contributed by atoms with Crippen LogP contribution in [-0.2, 0) is 9.59 Å². The van der Waals surface area contributed by atoms with E-state index < -0.39 is 12.1 Å². The van der Waals surface area contributed by atoms with E-state index in [1.807, 2.05) is 4.90 Å². The molecule has 8 N–H and O–H groups in total. The number of amides is 2. The fourth-order valence-corrected chi connectivity index (χ4v) is 5.89. The molecular weight excluding hydrogens is 586 g/mol. The van der Waals surface area contributed by atoms with E-state index in [4.69, 9.17) is 28.7 Å². The van der Waals surface area contributed by atoms with Gasteiger partial charge in [0.05, 0.1) is 0 Å². The average molecular weight is 658 g/mol. The molecule has 2 amide bonds. The lowest BCUT2D eigenvalue weighted by Gasteiger charge is -2.26. The number of nitrogens with one attached hydrogen (secondary N) is 4. The Hall–Kier alpha value is -1.58. The summed E-state index contributed by atoms with van der Waals surface area (Å²) in [4.78, 5) is 30.4. The fraction of sp³-hybridized carbons (Fsp3) is 0.914. The molecule has 45 heavy (non-hydrogen) atoms. The number of guanidine groups is 1. The van der Waals surface area contributed by atoms with Crippen LogP contribution in [-0.4, -0.2) is 60.9 Å². The molecule has 0 radical (unpaired) electrons. The Morgan fingerprint density at radius 2 is 1.07 bits per heavy atom. The molecule has 0 spiro atoms. The highest BCUT2D eigenvalue weighted by molar-refractivity contribution is 6.15. The largest absolute Gasteiger partial charge is 0.370 e. The number of hydrogen-bond acceptors (Lipinski definition) is 5. The topological polar surface area (TPSA) is 149 Å². The van der Waals surface area contributed by atoms with Crippen LogP contribution in [0, 0.1) is 5.41 Å². The van der Waals surface area contributed by atoms with E-state index in [1.165, 1.54) is 116 Å². The van der Waals surface area contributed by atoms with Crippen LogP contribution in [0.4, 0.5) is 0 Å². The summed E-state index contributed by atoms with van der Waals surface area (Å²) in [6, 6.07) is -1.41. The van der Waals surface area contributed by atoms with Crippen molar-refractivity contribution in [1.29, 1.82) is 5.41 Å². The average Bonchev–Trinajstić information content (AvgIpc) is 3.03. The van der Waals surface area contributed by atoms with E-state index in [1.54, 1.807) is 0 Å². The maximum Gasteiger partial charge on any atom is 0.241 e. The van der Waals surface area contributed by atoms with E-state index in [2.05, 4.69) is 29.3 Å². The third-order valence-corrected chi connectivity index (χ3v) is 8.88. The summed E-state index contributed by atoms with van der Waals surface area (Å²) in [6.07, 6.45) is 29.1. The molecule has 0 saturated heterocycles. The Bertz CT molecular complexity index is 713. The normalized spacial score (nSPS) is 12.5. The highest BCUT2D eigenvalue weighted by Gasteiger charge is 2.23. The maximum atomic E-state index is 13.4. The number of hydrogen-bond donors (Lipinski definition) is 6. The minimum Gasteiger partial charge on any atom is -0.370 e. The summed E-state index contributed by atoms with van der Waals surface area (Å²) < 4.78 is 0. The van der Waals surface area contributed by atoms with Crippen LogP contribution in [0.2, 0.25) is 0 Å². The first-order chi connectivity index (χ1) is 21.9. The maximum absolute atomic E-state index is 13.4. The van der Waals surface area contributed by atoms with Gasteiger partial charge in [0, 0.05) is 26.2 Å². The van der Waals surface area contributed by atoms with Gasteiger partial charge >= 0.3 is 0 Å². The number of carbonyl (C=O) groups is 2. The number of unbranched alkanes of at least 4 members (excludes halogenated alkanes) is 20. The molecule has 0 bridgehead atoms. The van der Waals surface area contributed by atoms with E-state index in [0.29, 0.717) is 19.4 Å². The van der Waals surface area contributed by atoms with Crippen molar-refractivity contribution >= 4 is 29.6 Å². The molecule has 0 aliphatic carbocycles. The molecule has 0 aliphatic rings. The molecule has 0 aliphatic heterocycles. The zero-order valence-electron chi connectivity index (χ0n) is 29.3. The second-order valence-corrected chi connectivity index (χ2v) is 13.1. The zero-order valence-corrected chi connectivity index (χ0v) is 30.0. The third-order valence-electron chi connectivity index (χ3n) is 8.62. The molecule has 266 valence electrons. The molecule has 0 fully saturated rings. The predicted molar refractivity (Wildman–Crippen MR) is 192 cm³/mol. The van der Waals surface area contributed by atoms with Crippen LogP contribution in [0.25, 0.3) is 0 Å². The van der Waals surface area contributed by atoms with E-state index in [9.17, 15) is 9.59 Å². The summed E-state index contributed by atoms with van der Waals surface area (Å²) in [7, 11) is 0. The lowest BCUT2D eigenvalue weighted by Crippen LogP contribution is -2.52. The molecule has 0 saturated carbocycles. The predicted octanol–water partition coefficient (Wildman–Crippen LogP) is 7.26. The van der Waals surface area contributed by atoms with Crippen molar-refractivity contribution in [3.8, 4) is 0 Å². The Labute approximate surface area is 282 Å². The Morgan fingerprint density at radius 3 is 1.44 bits per heavy atom. The minimum atomic E-state index is -0.787. The van der Waals surface area contributed by atoms with E-state index in [0.717, 1.165) is 38.8 Å². The van der Waals surface area contributed by atoms with Crippen molar-refractivity contribution in [1.82, 2.24) is 20.4 Å². The monoisotopic (exact) mass is 658 g/mol. The SMILES string of the molecule is CCCCCCCCCCCCCCN(CCCCCCCCCCCC)C(=O)C(N)CNC(=O)C(CCCNC(=N)N)NCl. The van der Waals surface area contributed by atoms with Crippen molar-refractivity contribution in [3.05, 3.63) is 0 Å². The molecule has 9 nitrogen and oxygen atoms in total. The summed E-state index contributed by atoms with van der Waals surface area (Å²) in [5, 5.41) is 12.7. The minimum absolute atomic E-state index is 0.0748. The van der Waals surface area contributed by atoms with Gasteiger partial charge in [-0.1, -0.05) is 142 Å². The number of nitrogens with zero attached hydrogens (tertiary/aromatic N) is 1. The number of rotatable bonds is 33. The smallest absolute Gasteiger partial charge is 0.241 e. The van der Waals surface area contributed by atoms with Gasteiger partial charge < -0.3 is 27.0 Å². The van der Waals surface area contributed by atoms with Gasteiger partial charge in [-0.15, -0.1) is 0 Å². The molecule has 2 atom stereocenters. The highest BCUT2D eigenvalue weighted by Crippen LogP contribution is 2.14. The van der Waals surface area contributed by atoms with Crippen LogP contribution >= 0.6 is 11.8 Å². The quantitative estimate of drug-likeness (QED) is 0.0189. The van der Waals surface area contributed by atoms with Gasteiger partial charge in [-0.3, -0.25) is 15.0 Å². The second kappa shape index (κ2) is 32.4. The standard InChI is InChI=1S/C35H72ClN7O2/c1-3-5-7-9-11-13-15-16-18-20-22-24-29-43(28-23-21-19-17-14-12-10-8-6-4-2)34(45)31(37)30-41-33(44)32(42-36)26-25-27-40-35(38)39/h31-32,42H,3-30,37H2,1-2H3,(H,41,44)(H4,38,39,40). The van der Waals surface area contributed by atoms with Crippen LogP contribution in [0.5, 0.6) is 0 Å². The fourth-order valence-electron chi connectivity index (χ4n) is 5.69. The van der Waals surface area contributed by atoms with Crippen molar-refractivity contribution < 1.29 is 9.59 Å². The molecule has 0 rings (SSSR count). The first-order valence-corrected chi connectivity index (χ1v) is 19.0. The Morgan fingerprint density at radius 1 is 0.667 bits per heavy atom. The number of nitrogens with two attached hydrogens (primary N) is 2. The summed E-state index contributed by atoms with van der Waals surface area (Å²) in [5.41, 5.74) is 11.6. The lowest BCUT2D eigenvalue weighted by molar-refractivity contribution is -0.133. The van der Waals surface area contributed by atoms with Crippen molar-refractivity contribution in [2.24, 2.45) is 11.5 Å². The highest BCUT2D eigenvalue weighted by atomic mass is 35.5. The molecule has 0 aromatic rings. The van der Waals surface area contributed by atoms with Gasteiger partial charge in [-0.05, 0) is 37.5 Å². The molecule has 2 unspecified atom stereocenters. The van der Waals surface area contributed by atoms with Gasteiger partial charge in [0.1, 0.15) is 12.1 Å². The van der Waals surface area contributed by atoms with E-state index in [-0.39, 0.29) is 24.3 Å². The van der Waals surface area contributed by atoms with Gasteiger partial charge in [0.25, 0.3) is 0 Å². The van der Waals surface area contributed by atoms with Crippen LogP contribution in [0.3, 0.4) is 0 Å². The molecule has 0 heterocycles. The summed E-state index contributed by atoms with van der Waals surface area (Å²) >= 11 is 5.80. The first-order valence-electron chi connectivity index (χ1n) is 18.6. The Balaban J connectivity index is 4.56. The molecular formula is C35H72ClN7O2. The van der Waals surface area contributed by atoms with Crippen LogP contribution in [0.1, 0.15) is 168 Å². The van der Waals surface area contributed by atoms with Crippen LogP contribution in [0.15, 0.2) is 0 Å². The van der Waals surface area contributed by atoms with Crippen molar-refractivity contribution in [2.45, 2.75) is 180 Å². The van der Waals surface area contributed by atoms with Crippen LogP contribution < -0.4 is 26.9 Å². The van der Waals surface area contributed by atoms with Gasteiger partial charge in [0.15, 0.2) is 5.96 Å². The van der Waals surface area contributed by atoms with Gasteiger partial charge in [-0.2, -0.15) is 0 Å². The molecule has 0 aromatic carbocycles.